The molecule has 1 N–H and O–H groups in total. The highest BCUT2D eigenvalue weighted by Gasteiger charge is 2.26. The van der Waals surface area contributed by atoms with Crippen LogP contribution in [0.3, 0.4) is 0 Å². The number of para-hydroxylation sites is 2. The summed E-state index contributed by atoms with van der Waals surface area (Å²) in [7, 11) is 3.65. The molecule has 0 radical (unpaired) electrons. The number of ether oxygens (including phenoxy) is 1. The average Bonchev–Trinajstić information content (AvgIpc) is 3.17. The van der Waals surface area contributed by atoms with Crippen LogP contribution in [0.25, 0.3) is 0 Å². The fraction of sp³-hybridized carbons (Fsp3) is 0.650. The van der Waals surface area contributed by atoms with Crippen LogP contribution in [-0.2, 0) is 0 Å². The molecule has 2 aliphatic rings. The van der Waals surface area contributed by atoms with E-state index in [0.29, 0.717) is 5.92 Å². The maximum absolute atomic E-state index is 5.52. The van der Waals surface area contributed by atoms with Crippen molar-refractivity contribution in [2.45, 2.75) is 25.0 Å². The van der Waals surface area contributed by atoms with E-state index in [1.807, 2.05) is 19.2 Å². The van der Waals surface area contributed by atoms with Crippen molar-refractivity contribution in [3.63, 3.8) is 0 Å². The van der Waals surface area contributed by atoms with Gasteiger partial charge in [0.15, 0.2) is 5.96 Å². The molecule has 5 nitrogen and oxygen atoms in total. The van der Waals surface area contributed by atoms with E-state index in [9.17, 15) is 0 Å². The van der Waals surface area contributed by atoms with Crippen LogP contribution in [0.5, 0.6) is 5.75 Å². The second-order valence-electron chi connectivity index (χ2n) is 7.05. The predicted molar refractivity (Wildman–Crippen MR) is 113 cm³/mol. The van der Waals surface area contributed by atoms with Crippen LogP contribution in [0, 0.1) is 5.92 Å². The Labute approximate surface area is 162 Å². The van der Waals surface area contributed by atoms with Crippen LogP contribution in [0.2, 0.25) is 0 Å². The second kappa shape index (κ2) is 9.40. The van der Waals surface area contributed by atoms with Crippen molar-refractivity contribution in [2.75, 3.05) is 57.5 Å². The highest BCUT2D eigenvalue weighted by atomic mass is 32.2. The quantitative estimate of drug-likeness (QED) is 0.632. The minimum atomic E-state index is 0.637. The van der Waals surface area contributed by atoms with E-state index in [2.05, 4.69) is 50.9 Å². The highest BCUT2D eigenvalue weighted by molar-refractivity contribution is 8.00. The number of nitrogens with one attached hydrogen (secondary N) is 1. The second-order valence-corrected chi connectivity index (χ2v) is 8.46. The van der Waals surface area contributed by atoms with Gasteiger partial charge in [-0.1, -0.05) is 19.1 Å². The summed E-state index contributed by atoms with van der Waals surface area (Å²) in [5, 5.41) is 4.37. The number of anilines is 1. The number of nitrogens with zero attached hydrogens (tertiary/aromatic N) is 3. The third-order valence-electron chi connectivity index (χ3n) is 5.37. The molecule has 2 saturated heterocycles. The molecule has 2 fully saturated rings. The Morgan fingerprint density at radius 3 is 2.92 bits per heavy atom. The Balaban J connectivity index is 1.52. The molecule has 0 aromatic heterocycles. The van der Waals surface area contributed by atoms with Crippen LogP contribution in [-0.4, -0.2) is 68.7 Å². The van der Waals surface area contributed by atoms with E-state index in [1.165, 1.54) is 24.3 Å². The van der Waals surface area contributed by atoms with Gasteiger partial charge in [0.1, 0.15) is 5.75 Å². The number of benzene rings is 1. The number of methoxy groups -OCH3 is 1. The zero-order valence-corrected chi connectivity index (χ0v) is 17.1. The largest absolute Gasteiger partial charge is 0.495 e. The Bertz CT molecular complexity index is 609. The molecule has 0 bridgehead atoms. The van der Waals surface area contributed by atoms with Gasteiger partial charge in [0, 0.05) is 50.8 Å². The lowest BCUT2D eigenvalue weighted by molar-refractivity contribution is 0.402. The van der Waals surface area contributed by atoms with Crippen molar-refractivity contribution in [1.82, 2.24) is 10.2 Å². The first-order valence-corrected chi connectivity index (χ1v) is 10.7. The van der Waals surface area contributed by atoms with Crippen molar-refractivity contribution in [3.05, 3.63) is 24.3 Å². The van der Waals surface area contributed by atoms with Gasteiger partial charge in [-0.15, -0.1) is 0 Å². The fourth-order valence-corrected chi connectivity index (χ4v) is 5.02. The topological polar surface area (TPSA) is 40.1 Å². The third kappa shape index (κ3) is 4.58. The maximum Gasteiger partial charge on any atom is 0.193 e. The molecule has 144 valence electrons. The summed E-state index contributed by atoms with van der Waals surface area (Å²) in [6.45, 7) is 7.63. The van der Waals surface area contributed by atoms with Gasteiger partial charge in [0.05, 0.1) is 12.8 Å². The Hall–Kier alpha value is -1.56. The van der Waals surface area contributed by atoms with Gasteiger partial charge in [-0.05, 0) is 30.9 Å². The van der Waals surface area contributed by atoms with E-state index < -0.39 is 0 Å². The smallest absolute Gasteiger partial charge is 0.193 e. The first kappa shape index (κ1) is 19.2. The van der Waals surface area contributed by atoms with Crippen molar-refractivity contribution < 1.29 is 4.74 Å². The summed E-state index contributed by atoms with van der Waals surface area (Å²) in [6.07, 6.45) is 2.43. The summed E-state index contributed by atoms with van der Waals surface area (Å²) >= 11 is 2.10. The van der Waals surface area contributed by atoms with Gasteiger partial charge in [-0.2, -0.15) is 11.8 Å². The third-order valence-corrected chi connectivity index (χ3v) is 6.74. The minimum absolute atomic E-state index is 0.637. The molecular formula is C20H32N4OS. The standard InChI is InChI=1S/C20H32N4OS/c1-4-17-15-24(11-12-26-17)20(21-2)22-13-16-9-10-23(14-16)18-7-5-6-8-19(18)25-3/h5-8,16-17H,4,9-15H2,1-3H3,(H,21,22). The summed E-state index contributed by atoms with van der Waals surface area (Å²) in [5.74, 6) is 3.87. The molecule has 2 unspecified atom stereocenters. The van der Waals surface area contributed by atoms with Gasteiger partial charge in [-0.25, -0.2) is 0 Å². The highest BCUT2D eigenvalue weighted by Crippen LogP contribution is 2.31. The SMILES string of the molecule is CCC1CN(C(=NC)NCC2CCN(c3ccccc3OC)C2)CCS1. The van der Waals surface area contributed by atoms with Gasteiger partial charge in [0.2, 0.25) is 0 Å². The van der Waals surface area contributed by atoms with Gasteiger partial charge in [0.25, 0.3) is 0 Å². The lowest BCUT2D eigenvalue weighted by Gasteiger charge is -2.34. The van der Waals surface area contributed by atoms with Crippen LogP contribution < -0.4 is 15.0 Å². The number of guanidine groups is 1. The van der Waals surface area contributed by atoms with Gasteiger partial charge in [-0.3, -0.25) is 4.99 Å². The molecule has 2 aliphatic heterocycles. The number of aliphatic imine (C=N–C) groups is 1. The van der Waals surface area contributed by atoms with E-state index in [1.54, 1.807) is 7.11 Å². The Morgan fingerprint density at radius 1 is 1.31 bits per heavy atom. The van der Waals surface area contributed by atoms with Crippen LogP contribution in [0.4, 0.5) is 5.69 Å². The molecule has 2 atom stereocenters. The zero-order chi connectivity index (χ0) is 18.4. The molecule has 3 rings (SSSR count). The first-order valence-electron chi connectivity index (χ1n) is 9.70. The number of rotatable bonds is 5. The van der Waals surface area contributed by atoms with Crippen LogP contribution >= 0.6 is 11.8 Å². The van der Waals surface area contributed by atoms with E-state index in [-0.39, 0.29) is 0 Å². The summed E-state index contributed by atoms with van der Waals surface area (Å²) in [5.41, 5.74) is 1.21. The number of hydrogen-bond acceptors (Lipinski definition) is 4. The van der Waals surface area contributed by atoms with Gasteiger partial charge < -0.3 is 19.9 Å². The number of thioether (sulfide) groups is 1. The molecule has 0 spiro atoms. The van der Waals surface area contributed by atoms with Crippen molar-refractivity contribution in [2.24, 2.45) is 10.9 Å². The molecule has 6 heteroatoms. The van der Waals surface area contributed by atoms with Crippen LogP contribution in [0.1, 0.15) is 19.8 Å². The first-order chi connectivity index (χ1) is 12.7. The van der Waals surface area contributed by atoms with Crippen LogP contribution in [0.15, 0.2) is 29.3 Å². The number of hydrogen-bond donors (Lipinski definition) is 1. The molecule has 0 aliphatic carbocycles. The van der Waals surface area contributed by atoms with E-state index in [4.69, 9.17) is 4.74 Å². The molecule has 2 heterocycles. The van der Waals surface area contributed by atoms with E-state index in [0.717, 1.165) is 49.7 Å². The molecule has 1 aromatic carbocycles. The normalized spacial score (nSPS) is 24.0. The van der Waals surface area contributed by atoms with Crippen molar-refractivity contribution in [3.8, 4) is 5.75 Å². The molecule has 0 amide bonds. The van der Waals surface area contributed by atoms with Crippen molar-refractivity contribution in [1.29, 1.82) is 0 Å². The predicted octanol–water partition coefficient (Wildman–Crippen LogP) is 2.92. The molecular weight excluding hydrogens is 344 g/mol. The lowest BCUT2D eigenvalue weighted by Crippen LogP contribution is -2.49. The average molecular weight is 377 g/mol. The molecule has 1 aromatic rings. The lowest BCUT2D eigenvalue weighted by atomic mass is 10.1. The fourth-order valence-electron chi connectivity index (χ4n) is 3.84. The van der Waals surface area contributed by atoms with Crippen molar-refractivity contribution >= 4 is 23.4 Å². The Morgan fingerprint density at radius 2 is 2.15 bits per heavy atom. The Kier molecular flexibility index (Phi) is 6.94. The minimum Gasteiger partial charge on any atom is -0.495 e. The summed E-state index contributed by atoms with van der Waals surface area (Å²) < 4.78 is 5.52. The summed E-state index contributed by atoms with van der Waals surface area (Å²) in [6, 6.07) is 8.32. The zero-order valence-electron chi connectivity index (χ0n) is 16.3. The van der Waals surface area contributed by atoms with Gasteiger partial charge >= 0.3 is 0 Å². The molecule has 26 heavy (non-hydrogen) atoms. The van der Waals surface area contributed by atoms with E-state index >= 15 is 0 Å². The monoisotopic (exact) mass is 376 g/mol. The molecule has 0 saturated carbocycles. The summed E-state index contributed by atoms with van der Waals surface area (Å²) in [4.78, 5) is 9.41. The maximum atomic E-state index is 5.52.